The fourth-order valence-electron chi connectivity index (χ4n) is 3.65. The molecule has 0 saturated carbocycles. The molecule has 5 nitrogen and oxygen atoms in total. The lowest BCUT2D eigenvalue weighted by atomic mass is 10.0. The summed E-state index contributed by atoms with van der Waals surface area (Å²) in [5.74, 6) is 1.59. The van der Waals surface area contributed by atoms with Crippen molar-refractivity contribution in [1.82, 2.24) is 4.90 Å². The first-order chi connectivity index (χ1) is 15.6. The van der Waals surface area contributed by atoms with E-state index in [1.807, 2.05) is 66.7 Å². The summed E-state index contributed by atoms with van der Waals surface area (Å²) >= 11 is 0. The summed E-state index contributed by atoms with van der Waals surface area (Å²) in [5.41, 5.74) is 3.23. The predicted molar refractivity (Wildman–Crippen MR) is 127 cm³/mol. The second-order valence-corrected chi connectivity index (χ2v) is 7.73. The average molecular weight is 436 g/mol. The van der Waals surface area contributed by atoms with Gasteiger partial charge < -0.3 is 19.3 Å². The molecule has 3 aromatic rings. The molecule has 0 heterocycles. The maximum atomic E-state index is 10.7. The van der Waals surface area contributed by atoms with Gasteiger partial charge in [0, 0.05) is 13.1 Å². The third-order valence-electron chi connectivity index (χ3n) is 5.46. The third-order valence-corrected chi connectivity index (χ3v) is 5.46. The molecule has 0 aliphatic heterocycles. The molecule has 0 saturated heterocycles. The summed E-state index contributed by atoms with van der Waals surface area (Å²) in [6.45, 7) is 4.53. The van der Waals surface area contributed by atoms with Gasteiger partial charge in [-0.05, 0) is 47.5 Å². The first-order valence-electron chi connectivity index (χ1n) is 11.0. The molecule has 170 valence electrons. The summed E-state index contributed by atoms with van der Waals surface area (Å²) in [5, 5.41) is 10.7. The van der Waals surface area contributed by atoms with Gasteiger partial charge in [0.05, 0.1) is 26.9 Å². The van der Waals surface area contributed by atoms with Crippen molar-refractivity contribution in [3.05, 3.63) is 95.6 Å². The number of ether oxygens (including phenoxy) is 3. The summed E-state index contributed by atoms with van der Waals surface area (Å²) in [6.07, 6.45) is -0.900. The van der Waals surface area contributed by atoms with Crippen LogP contribution in [-0.2, 0) is 11.3 Å². The molecule has 0 aromatic heterocycles. The Balaban J connectivity index is 1.67. The summed E-state index contributed by atoms with van der Waals surface area (Å²) < 4.78 is 16.8. The molecular formula is C27H33NO4. The molecule has 0 amide bonds. The second kappa shape index (κ2) is 12.2. The standard InChI is InChI=1S/C27H33NO4/c1-4-28(18-21-8-6-5-7-9-21)19-24(29)20-32-27(22-10-14-25(30-2)15-11-22)23-12-16-26(31-3)17-13-23/h5-17,24,27,29H,4,18-20H2,1-3H3/t24-/m1/s1. The molecule has 5 heteroatoms. The monoisotopic (exact) mass is 435 g/mol. The highest BCUT2D eigenvalue weighted by Crippen LogP contribution is 2.29. The van der Waals surface area contributed by atoms with Crippen LogP contribution < -0.4 is 9.47 Å². The molecule has 0 aliphatic rings. The Labute approximate surface area is 191 Å². The molecule has 0 fully saturated rings. The minimum Gasteiger partial charge on any atom is -0.497 e. The number of rotatable bonds is 12. The van der Waals surface area contributed by atoms with Gasteiger partial charge in [-0.2, -0.15) is 0 Å². The number of nitrogens with zero attached hydrogens (tertiary/aromatic N) is 1. The van der Waals surface area contributed by atoms with E-state index < -0.39 is 6.10 Å². The average Bonchev–Trinajstić information content (AvgIpc) is 2.85. The lowest BCUT2D eigenvalue weighted by molar-refractivity contribution is -0.00881. The van der Waals surface area contributed by atoms with Crippen LogP contribution in [0.2, 0.25) is 0 Å². The van der Waals surface area contributed by atoms with Gasteiger partial charge in [0.2, 0.25) is 0 Å². The van der Waals surface area contributed by atoms with Gasteiger partial charge in [-0.3, -0.25) is 4.90 Å². The minimum atomic E-state index is -0.599. The second-order valence-electron chi connectivity index (χ2n) is 7.73. The van der Waals surface area contributed by atoms with E-state index in [9.17, 15) is 5.11 Å². The summed E-state index contributed by atoms with van der Waals surface area (Å²) in [6, 6.07) is 26.0. The van der Waals surface area contributed by atoms with Crippen LogP contribution in [0.25, 0.3) is 0 Å². The first kappa shape index (κ1) is 23.8. The smallest absolute Gasteiger partial charge is 0.118 e. The van der Waals surface area contributed by atoms with Crippen molar-refractivity contribution in [2.24, 2.45) is 0 Å². The van der Waals surface area contributed by atoms with E-state index in [4.69, 9.17) is 14.2 Å². The fourth-order valence-corrected chi connectivity index (χ4v) is 3.65. The van der Waals surface area contributed by atoms with E-state index in [1.165, 1.54) is 5.56 Å². The van der Waals surface area contributed by atoms with Crippen LogP contribution in [0.15, 0.2) is 78.9 Å². The zero-order chi connectivity index (χ0) is 22.8. The van der Waals surface area contributed by atoms with Crippen LogP contribution in [0.3, 0.4) is 0 Å². The van der Waals surface area contributed by atoms with Crippen LogP contribution >= 0.6 is 0 Å². The predicted octanol–water partition coefficient (Wildman–Crippen LogP) is 4.69. The van der Waals surface area contributed by atoms with Gasteiger partial charge in [-0.1, -0.05) is 61.5 Å². The zero-order valence-electron chi connectivity index (χ0n) is 19.1. The maximum Gasteiger partial charge on any atom is 0.118 e. The van der Waals surface area contributed by atoms with E-state index in [0.717, 1.165) is 35.7 Å². The number of likely N-dealkylation sites (N-methyl/N-ethyl adjacent to an activating group) is 1. The molecule has 3 aromatic carbocycles. The zero-order valence-corrected chi connectivity index (χ0v) is 19.1. The number of hydrogen-bond acceptors (Lipinski definition) is 5. The molecule has 32 heavy (non-hydrogen) atoms. The van der Waals surface area contributed by atoms with Crippen LogP contribution in [0.5, 0.6) is 11.5 Å². The Kier molecular flexibility index (Phi) is 9.11. The van der Waals surface area contributed by atoms with Crippen LogP contribution in [-0.4, -0.2) is 50.0 Å². The van der Waals surface area contributed by atoms with Gasteiger partial charge in [0.1, 0.15) is 17.6 Å². The van der Waals surface area contributed by atoms with Gasteiger partial charge in [-0.15, -0.1) is 0 Å². The Morgan fingerprint density at radius 3 is 1.78 bits per heavy atom. The topological polar surface area (TPSA) is 51.2 Å². The molecule has 3 rings (SSSR count). The molecule has 1 N–H and O–H groups in total. The fraction of sp³-hybridized carbons (Fsp3) is 0.333. The first-order valence-corrected chi connectivity index (χ1v) is 11.0. The van der Waals surface area contributed by atoms with Crippen LogP contribution in [0.4, 0.5) is 0 Å². The molecular weight excluding hydrogens is 402 g/mol. The molecule has 0 bridgehead atoms. The molecule has 0 aliphatic carbocycles. The molecule has 0 unspecified atom stereocenters. The minimum absolute atomic E-state index is 0.230. The van der Waals surface area contributed by atoms with Crippen LogP contribution in [0, 0.1) is 0 Å². The SMILES string of the molecule is CCN(Cc1ccccc1)C[C@@H](O)COC(c1ccc(OC)cc1)c1ccc(OC)cc1. The van der Waals surface area contributed by atoms with Crippen molar-refractivity contribution in [1.29, 1.82) is 0 Å². The number of hydrogen-bond donors (Lipinski definition) is 1. The van der Waals surface area contributed by atoms with Gasteiger partial charge in [0.15, 0.2) is 0 Å². The van der Waals surface area contributed by atoms with Crippen molar-refractivity contribution < 1.29 is 19.3 Å². The largest absolute Gasteiger partial charge is 0.497 e. The van der Waals surface area contributed by atoms with Crippen molar-refractivity contribution in [3.8, 4) is 11.5 Å². The number of aliphatic hydroxyl groups excluding tert-OH is 1. The van der Waals surface area contributed by atoms with E-state index in [-0.39, 0.29) is 12.7 Å². The highest BCUT2D eigenvalue weighted by Gasteiger charge is 2.19. The van der Waals surface area contributed by atoms with E-state index in [2.05, 4.69) is 24.0 Å². The van der Waals surface area contributed by atoms with E-state index in [0.29, 0.717) is 6.54 Å². The summed E-state index contributed by atoms with van der Waals surface area (Å²) in [4.78, 5) is 2.22. The number of aliphatic hydroxyl groups is 1. The number of benzene rings is 3. The third kappa shape index (κ3) is 6.82. The lowest BCUT2D eigenvalue weighted by Crippen LogP contribution is -2.34. The van der Waals surface area contributed by atoms with Crippen molar-refractivity contribution in [3.63, 3.8) is 0 Å². The Hall–Kier alpha value is -2.86. The summed E-state index contributed by atoms with van der Waals surface area (Å²) in [7, 11) is 3.30. The van der Waals surface area contributed by atoms with Crippen molar-refractivity contribution in [2.45, 2.75) is 25.7 Å². The molecule has 0 radical (unpaired) electrons. The maximum absolute atomic E-state index is 10.7. The Morgan fingerprint density at radius 2 is 1.31 bits per heavy atom. The number of methoxy groups -OCH3 is 2. The van der Waals surface area contributed by atoms with Gasteiger partial charge >= 0.3 is 0 Å². The van der Waals surface area contributed by atoms with E-state index in [1.54, 1.807) is 14.2 Å². The van der Waals surface area contributed by atoms with Gasteiger partial charge in [0.25, 0.3) is 0 Å². The van der Waals surface area contributed by atoms with Gasteiger partial charge in [-0.25, -0.2) is 0 Å². The van der Waals surface area contributed by atoms with Crippen molar-refractivity contribution in [2.75, 3.05) is 33.9 Å². The normalized spacial score (nSPS) is 12.2. The molecule has 1 atom stereocenters. The Morgan fingerprint density at radius 1 is 0.781 bits per heavy atom. The lowest BCUT2D eigenvalue weighted by Gasteiger charge is -2.26. The van der Waals surface area contributed by atoms with E-state index >= 15 is 0 Å². The van der Waals surface area contributed by atoms with Crippen molar-refractivity contribution >= 4 is 0 Å². The van der Waals surface area contributed by atoms with Crippen LogP contribution in [0.1, 0.15) is 29.7 Å². The quantitative estimate of drug-likeness (QED) is 0.447. The highest BCUT2D eigenvalue weighted by molar-refractivity contribution is 5.36. The molecule has 0 spiro atoms. The Bertz CT molecular complexity index is 865. The highest BCUT2D eigenvalue weighted by atomic mass is 16.5.